The number of nitrogens with one attached hydrogen (secondary N) is 1. The maximum absolute atomic E-state index is 13.1. The lowest BCUT2D eigenvalue weighted by atomic mass is 9.96. The van der Waals surface area contributed by atoms with E-state index in [0.29, 0.717) is 5.92 Å². The van der Waals surface area contributed by atoms with Crippen molar-refractivity contribution in [2.24, 2.45) is 5.92 Å². The average molecular weight is 477 g/mol. The molecule has 0 bridgehead atoms. The molecular formula is C27H29FN4OS. The Balaban J connectivity index is 1.18. The Hall–Kier alpha value is -3.03. The van der Waals surface area contributed by atoms with Gasteiger partial charge >= 0.3 is 0 Å². The molecule has 5 nitrogen and oxygen atoms in total. The molecule has 1 fully saturated rings. The molecular weight excluding hydrogens is 447 g/mol. The third-order valence-corrected chi connectivity index (χ3v) is 7.55. The second-order valence-corrected chi connectivity index (χ2v) is 9.68. The number of ether oxygens (including phenoxy) is 1. The van der Waals surface area contributed by atoms with E-state index in [1.54, 1.807) is 36.9 Å². The number of hydrogen-bond donors (Lipinski definition) is 1. The zero-order valence-corrected chi connectivity index (χ0v) is 20.2. The molecule has 7 heteroatoms. The normalized spacial score (nSPS) is 15.0. The first-order valence-corrected chi connectivity index (χ1v) is 12.6. The van der Waals surface area contributed by atoms with Crippen LogP contribution >= 0.6 is 11.3 Å². The predicted octanol–water partition coefficient (Wildman–Crippen LogP) is 5.87. The van der Waals surface area contributed by atoms with Crippen LogP contribution < -0.4 is 10.1 Å². The van der Waals surface area contributed by atoms with E-state index >= 15 is 0 Å². The molecule has 3 heterocycles. The van der Waals surface area contributed by atoms with Gasteiger partial charge in [-0.1, -0.05) is 24.3 Å². The van der Waals surface area contributed by atoms with E-state index in [1.165, 1.54) is 18.4 Å². The number of rotatable bonds is 8. The minimum Gasteiger partial charge on any atom is -0.497 e. The molecule has 1 aliphatic heterocycles. The highest BCUT2D eigenvalue weighted by Gasteiger charge is 2.20. The van der Waals surface area contributed by atoms with Gasteiger partial charge in [-0.3, -0.25) is 0 Å². The number of piperidine rings is 1. The largest absolute Gasteiger partial charge is 0.497 e. The van der Waals surface area contributed by atoms with E-state index in [9.17, 15) is 4.39 Å². The van der Waals surface area contributed by atoms with Gasteiger partial charge in [-0.15, -0.1) is 11.3 Å². The molecule has 0 aliphatic carbocycles. The van der Waals surface area contributed by atoms with Crippen LogP contribution in [0.15, 0.2) is 60.2 Å². The Morgan fingerprint density at radius 1 is 1.06 bits per heavy atom. The fraction of sp³-hybridized carbons (Fsp3) is 0.333. The molecule has 0 atom stereocenters. The van der Waals surface area contributed by atoms with Crippen molar-refractivity contribution < 1.29 is 9.13 Å². The molecule has 1 N–H and O–H groups in total. The Morgan fingerprint density at radius 3 is 2.56 bits per heavy atom. The minimum atomic E-state index is -0.170. The molecule has 2 aromatic heterocycles. The highest BCUT2D eigenvalue weighted by atomic mass is 32.1. The third kappa shape index (κ3) is 5.21. The van der Waals surface area contributed by atoms with Crippen molar-refractivity contribution in [2.75, 3.05) is 38.6 Å². The zero-order valence-electron chi connectivity index (χ0n) is 19.3. The lowest BCUT2D eigenvalue weighted by molar-refractivity contribution is 0.191. The number of methoxy groups -OCH3 is 1. The van der Waals surface area contributed by atoms with Gasteiger partial charge < -0.3 is 15.0 Å². The molecule has 1 saturated heterocycles. The standard InChI is InChI=1S/C27H29FN4OS/c1-33-23-8-4-21(5-9-23)24-17-34-27-25(24)26(30-18-31-27)29-16-20-11-14-32(15-12-20)13-10-19-2-6-22(28)7-3-19/h2-9,17-18,20H,10-16H2,1H3,(H,29,30,31). The lowest BCUT2D eigenvalue weighted by Gasteiger charge is -2.32. The summed E-state index contributed by atoms with van der Waals surface area (Å²) < 4.78 is 18.4. The maximum atomic E-state index is 13.1. The molecule has 0 spiro atoms. The van der Waals surface area contributed by atoms with Gasteiger partial charge in [0.05, 0.1) is 12.5 Å². The third-order valence-electron chi connectivity index (χ3n) is 6.67. The number of aromatic nitrogens is 2. The van der Waals surface area contributed by atoms with Gasteiger partial charge in [0.1, 0.15) is 28.5 Å². The summed E-state index contributed by atoms with van der Waals surface area (Å²) >= 11 is 1.65. The van der Waals surface area contributed by atoms with Crippen LogP contribution in [-0.4, -0.2) is 48.2 Å². The molecule has 34 heavy (non-hydrogen) atoms. The van der Waals surface area contributed by atoms with Gasteiger partial charge in [0.2, 0.25) is 0 Å². The number of thiophene rings is 1. The Bertz CT molecular complexity index is 1220. The molecule has 5 rings (SSSR count). The predicted molar refractivity (Wildman–Crippen MR) is 137 cm³/mol. The van der Waals surface area contributed by atoms with Crippen molar-refractivity contribution in [3.8, 4) is 16.9 Å². The number of halogens is 1. The van der Waals surface area contributed by atoms with Crippen molar-refractivity contribution in [2.45, 2.75) is 19.3 Å². The fourth-order valence-electron chi connectivity index (χ4n) is 4.59. The highest BCUT2D eigenvalue weighted by Crippen LogP contribution is 2.37. The molecule has 0 amide bonds. The summed E-state index contributed by atoms with van der Waals surface area (Å²) in [4.78, 5) is 12.6. The smallest absolute Gasteiger partial charge is 0.138 e. The summed E-state index contributed by atoms with van der Waals surface area (Å²) in [6.45, 7) is 4.14. The Morgan fingerprint density at radius 2 is 1.82 bits per heavy atom. The summed E-state index contributed by atoms with van der Waals surface area (Å²) in [6.07, 6.45) is 4.95. The molecule has 2 aromatic carbocycles. The summed E-state index contributed by atoms with van der Waals surface area (Å²) in [6, 6.07) is 15.0. The second kappa shape index (κ2) is 10.5. The number of hydrogen-bond acceptors (Lipinski definition) is 6. The SMILES string of the molecule is COc1ccc(-c2csc3ncnc(NCC4CCN(CCc5ccc(F)cc5)CC4)c23)cc1. The Kier molecular flexibility index (Phi) is 7.02. The summed E-state index contributed by atoms with van der Waals surface area (Å²) in [5.41, 5.74) is 3.49. The number of fused-ring (bicyclic) bond motifs is 1. The highest BCUT2D eigenvalue weighted by molar-refractivity contribution is 7.17. The van der Waals surface area contributed by atoms with E-state index in [4.69, 9.17) is 4.74 Å². The fourth-order valence-corrected chi connectivity index (χ4v) is 5.50. The van der Waals surface area contributed by atoms with Crippen molar-refractivity contribution in [3.05, 3.63) is 71.6 Å². The van der Waals surface area contributed by atoms with Gasteiger partial charge in [-0.2, -0.15) is 0 Å². The molecule has 4 aromatic rings. The maximum Gasteiger partial charge on any atom is 0.138 e. The number of anilines is 1. The van der Waals surface area contributed by atoms with Crippen molar-refractivity contribution in [1.82, 2.24) is 14.9 Å². The van der Waals surface area contributed by atoms with E-state index in [-0.39, 0.29) is 5.82 Å². The Labute approximate surface area is 203 Å². The van der Waals surface area contributed by atoms with Gasteiger partial charge in [0.25, 0.3) is 0 Å². The summed E-state index contributed by atoms with van der Waals surface area (Å²) in [5, 5.41) is 6.88. The van der Waals surface area contributed by atoms with Gasteiger partial charge in [-0.25, -0.2) is 14.4 Å². The second-order valence-electron chi connectivity index (χ2n) is 8.82. The molecule has 0 saturated carbocycles. The van der Waals surface area contributed by atoms with E-state index in [0.717, 1.165) is 65.5 Å². The quantitative estimate of drug-likeness (QED) is 0.345. The first-order chi connectivity index (χ1) is 16.7. The minimum absolute atomic E-state index is 0.170. The van der Waals surface area contributed by atoms with Crippen LogP contribution in [0.5, 0.6) is 5.75 Å². The number of likely N-dealkylation sites (tertiary alicyclic amines) is 1. The molecule has 0 unspecified atom stereocenters. The van der Waals surface area contributed by atoms with E-state index in [2.05, 4.69) is 37.7 Å². The molecule has 0 radical (unpaired) electrons. The van der Waals surface area contributed by atoms with Crippen molar-refractivity contribution >= 4 is 27.4 Å². The molecule has 1 aliphatic rings. The van der Waals surface area contributed by atoms with Crippen LogP contribution in [0.4, 0.5) is 10.2 Å². The average Bonchev–Trinajstić information content (AvgIpc) is 3.33. The summed E-state index contributed by atoms with van der Waals surface area (Å²) in [7, 11) is 1.68. The van der Waals surface area contributed by atoms with Crippen LogP contribution in [0, 0.1) is 11.7 Å². The molecule has 176 valence electrons. The first-order valence-electron chi connectivity index (χ1n) is 11.8. The van der Waals surface area contributed by atoms with Crippen LogP contribution in [0.25, 0.3) is 21.3 Å². The van der Waals surface area contributed by atoms with Crippen molar-refractivity contribution in [1.29, 1.82) is 0 Å². The van der Waals surface area contributed by atoms with Crippen LogP contribution in [0.1, 0.15) is 18.4 Å². The summed E-state index contributed by atoms with van der Waals surface area (Å²) in [5.74, 6) is 2.21. The lowest BCUT2D eigenvalue weighted by Crippen LogP contribution is -2.37. The van der Waals surface area contributed by atoms with Crippen molar-refractivity contribution in [3.63, 3.8) is 0 Å². The van der Waals surface area contributed by atoms with Gasteiger partial charge in [0, 0.05) is 24.0 Å². The first kappa shape index (κ1) is 22.7. The van der Waals surface area contributed by atoms with Gasteiger partial charge in [0.15, 0.2) is 0 Å². The monoisotopic (exact) mass is 476 g/mol. The zero-order chi connectivity index (χ0) is 23.3. The van der Waals surface area contributed by atoms with E-state index in [1.807, 2.05) is 24.3 Å². The van der Waals surface area contributed by atoms with E-state index < -0.39 is 0 Å². The topological polar surface area (TPSA) is 50.3 Å². The number of benzene rings is 2. The van der Waals surface area contributed by atoms with Crippen LogP contribution in [0.3, 0.4) is 0 Å². The van der Waals surface area contributed by atoms with Crippen LogP contribution in [-0.2, 0) is 6.42 Å². The van der Waals surface area contributed by atoms with Gasteiger partial charge in [-0.05, 0) is 73.7 Å². The number of nitrogens with zero attached hydrogens (tertiary/aromatic N) is 3. The van der Waals surface area contributed by atoms with Crippen LogP contribution in [0.2, 0.25) is 0 Å².